The highest BCUT2D eigenvalue weighted by atomic mass is 35.5. The van der Waals surface area contributed by atoms with Crippen LogP contribution < -0.4 is 10.3 Å². The number of benzene rings is 3. The van der Waals surface area contributed by atoms with Crippen molar-refractivity contribution < 1.29 is 9.53 Å². The maximum absolute atomic E-state index is 13.3. The van der Waals surface area contributed by atoms with Gasteiger partial charge in [0.25, 0.3) is 5.56 Å². The van der Waals surface area contributed by atoms with E-state index in [-0.39, 0.29) is 5.56 Å². The number of allylic oxidation sites excluding steroid dienone is 1. The number of carbonyl (C=O) groups is 1. The number of nitrogens with one attached hydrogen (secondary N) is 2. The molecular formula is C26H18ClN3O3. The zero-order valence-electron chi connectivity index (χ0n) is 17.6. The molecule has 0 amide bonds. The zero-order valence-corrected chi connectivity index (χ0v) is 18.3. The summed E-state index contributed by atoms with van der Waals surface area (Å²) in [7, 11) is 1.59. The van der Waals surface area contributed by atoms with Crippen molar-refractivity contribution in [1.29, 1.82) is 0 Å². The molecule has 0 aliphatic rings. The van der Waals surface area contributed by atoms with E-state index in [9.17, 15) is 9.59 Å². The van der Waals surface area contributed by atoms with Crippen molar-refractivity contribution in [3.05, 3.63) is 99.6 Å². The molecule has 0 aliphatic carbocycles. The molecule has 0 unspecified atom stereocenters. The number of aromatic amines is 2. The fourth-order valence-electron chi connectivity index (χ4n) is 3.85. The van der Waals surface area contributed by atoms with E-state index in [2.05, 4.69) is 15.0 Å². The SMILES string of the molecule is COc1ccc2[nH]c(C=CC(=O)c3c(-c4ccccc4)c4cc(Cl)ccc4[nH]c3=O)nc2c1. The van der Waals surface area contributed by atoms with Gasteiger partial charge >= 0.3 is 0 Å². The first-order valence-corrected chi connectivity index (χ1v) is 10.6. The molecule has 33 heavy (non-hydrogen) atoms. The number of halogens is 1. The van der Waals surface area contributed by atoms with E-state index in [4.69, 9.17) is 16.3 Å². The van der Waals surface area contributed by atoms with Crippen molar-refractivity contribution in [3.63, 3.8) is 0 Å². The molecule has 162 valence electrons. The molecule has 5 rings (SSSR count). The lowest BCUT2D eigenvalue weighted by atomic mass is 9.94. The lowest BCUT2D eigenvalue weighted by molar-refractivity contribution is 0.104. The maximum atomic E-state index is 13.3. The highest BCUT2D eigenvalue weighted by Crippen LogP contribution is 2.31. The van der Waals surface area contributed by atoms with E-state index in [0.717, 1.165) is 11.1 Å². The highest BCUT2D eigenvalue weighted by molar-refractivity contribution is 6.31. The van der Waals surface area contributed by atoms with Crippen molar-refractivity contribution in [2.45, 2.75) is 0 Å². The van der Waals surface area contributed by atoms with Crippen LogP contribution in [0.2, 0.25) is 5.02 Å². The van der Waals surface area contributed by atoms with Crippen LogP contribution in [0.3, 0.4) is 0 Å². The van der Waals surface area contributed by atoms with Crippen LogP contribution in [-0.2, 0) is 0 Å². The smallest absolute Gasteiger partial charge is 0.260 e. The summed E-state index contributed by atoms with van der Waals surface area (Å²) < 4.78 is 5.23. The summed E-state index contributed by atoms with van der Waals surface area (Å²) in [6.07, 6.45) is 2.91. The molecule has 2 N–H and O–H groups in total. The number of ether oxygens (including phenoxy) is 1. The largest absolute Gasteiger partial charge is 0.497 e. The van der Waals surface area contributed by atoms with Gasteiger partial charge in [0.05, 0.1) is 23.7 Å². The Hall–Kier alpha value is -4.16. The van der Waals surface area contributed by atoms with Gasteiger partial charge in [0.2, 0.25) is 0 Å². The van der Waals surface area contributed by atoms with Crippen LogP contribution in [0.15, 0.2) is 77.6 Å². The third-order valence-electron chi connectivity index (χ3n) is 5.39. The Bertz CT molecular complexity index is 1600. The second-order valence-corrected chi connectivity index (χ2v) is 7.90. The molecule has 0 saturated heterocycles. The van der Waals surface area contributed by atoms with Crippen LogP contribution in [0, 0.1) is 0 Å². The number of H-pyrrole nitrogens is 2. The minimum Gasteiger partial charge on any atom is -0.497 e. The first-order chi connectivity index (χ1) is 16.0. The number of hydrogen-bond donors (Lipinski definition) is 2. The van der Waals surface area contributed by atoms with Crippen LogP contribution in [0.5, 0.6) is 5.75 Å². The minimum atomic E-state index is -0.465. The average molecular weight is 456 g/mol. The van der Waals surface area contributed by atoms with E-state index in [1.165, 1.54) is 6.08 Å². The highest BCUT2D eigenvalue weighted by Gasteiger charge is 2.19. The Morgan fingerprint density at radius 2 is 1.79 bits per heavy atom. The lowest BCUT2D eigenvalue weighted by Crippen LogP contribution is -2.18. The van der Waals surface area contributed by atoms with E-state index < -0.39 is 11.3 Å². The number of pyridine rings is 1. The van der Waals surface area contributed by atoms with Crippen LogP contribution in [0.4, 0.5) is 0 Å². The maximum Gasteiger partial charge on any atom is 0.260 e. The molecule has 2 heterocycles. The summed E-state index contributed by atoms with van der Waals surface area (Å²) in [6.45, 7) is 0. The lowest BCUT2D eigenvalue weighted by Gasteiger charge is -2.11. The van der Waals surface area contributed by atoms with E-state index in [1.807, 2.05) is 42.5 Å². The minimum absolute atomic E-state index is 0.0463. The van der Waals surface area contributed by atoms with Crippen molar-refractivity contribution in [3.8, 4) is 16.9 Å². The molecule has 0 bridgehead atoms. The number of fused-ring (bicyclic) bond motifs is 2. The predicted molar refractivity (Wildman–Crippen MR) is 131 cm³/mol. The first-order valence-electron chi connectivity index (χ1n) is 10.2. The first kappa shape index (κ1) is 20.7. The van der Waals surface area contributed by atoms with Gasteiger partial charge in [0, 0.05) is 27.6 Å². The van der Waals surface area contributed by atoms with Gasteiger partial charge in [-0.2, -0.15) is 0 Å². The fraction of sp³-hybridized carbons (Fsp3) is 0.0385. The summed E-state index contributed by atoms with van der Waals surface area (Å²) in [4.78, 5) is 36.7. The van der Waals surface area contributed by atoms with Crippen LogP contribution in [-0.4, -0.2) is 27.8 Å². The number of ketones is 1. The molecule has 5 aromatic rings. The Morgan fingerprint density at radius 1 is 1.00 bits per heavy atom. The number of carbonyl (C=O) groups excluding carboxylic acids is 1. The van der Waals surface area contributed by atoms with Gasteiger partial charge in [-0.3, -0.25) is 9.59 Å². The van der Waals surface area contributed by atoms with Crippen molar-refractivity contribution in [1.82, 2.24) is 15.0 Å². The van der Waals surface area contributed by atoms with Gasteiger partial charge in [-0.25, -0.2) is 4.98 Å². The fourth-order valence-corrected chi connectivity index (χ4v) is 4.03. The van der Waals surface area contributed by atoms with Gasteiger partial charge in [-0.05, 0) is 48.0 Å². The zero-order chi connectivity index (χ0) is 22.9. The van der Waals surface area contributed by atoms with Gasteiger partial charge < -0.3 is 14.7 Å². The Morgan fingerprint density at radius 3 is 2.58 bits per heavy atom. The molecule has 2 aromatic heterocycles. The van der Waals surface area contributed by atoms with Crippen LogP contribution in [0.25, 0.3) is 39.1 Å². The summed E-state index contributed by atoms with van der Waals surface area (Å²) in [5.41, 5.74) is 3.01. The molecular weight excluding hydrogens is 438 g/mol. The molecule has 7 heteroatoms. The monoisotopic (exact) mass is 455 g/mol. The second-order valence-electron chi connectivity index (χ2n) is 7.46. The predicted octanol–water partition coefficient (Wildman–Crippen LogP) is 5.63. The molecule has 0 saturated carbocycles. The summed E-state index contributed by atoms with van der Waals surface area (Å²) in [5.74, 6) is 0.748. The van der Waals surface area contributed by atoms with E-state index >= 15 is 0 Å². The molecule has 0 atom stereocenters. The number of nitrogens with zero attached hydrogens (tertiary/aromatic N) is 1. The van der Waals surface area contributed by atoms with Crippen molar-refractivity contribution >= 4 is 45.4 Å². The molecule has 0 fully saturated rings. The topological polar surface area (TPSA) is 87.8 Å². The Kier molecular flexibility index (Phi) is 5.28. The number of methoxy groups -OCH3 is 1. The average Bonchev–Trinajstić information content (AvgIpc) is 3.24. The van der Waals surface area contributed by atoms with Gasteiger partial charge in [0.1, 0.15) is 11.6 Å². The number of rotatable bonds is 5. The third-order valence-corrected chi connectivity index (χ3v) is 5.62. The Balaban J connectivity index is 1.62. The summed E-state index contributed by atoms with van der Waals surface area (Å²) in [5, 5.41) is 1.21. The molecule has 0 radical (unpaired) electrons. The van der Waals surface area contributed by atoms with Crippen LogP contribution >= 0.6 is 11.6 Å². The third kappa shape index (κ3) is 3.92. The normalized spacial score (nSPS) is 11.5. The Labute approximate surface area is 193 Å². The molecule has 3 aromatic carbocycles. The molecule has 6 nitrogen and oxygen atoms in total. The summed E-state index contributed by atoms with van der Waals surface area (Å²) >= 11 is 6.24. The number of imidazole rings is 1. The summed E-state index contributed by atoms with van der Waals surface area (Å²) in [6, 6.07) is 20.0. The molecule has 0 aliphatic heterocycles. The standard InChI is InChI=1S/C26H18ClN3O3/c1-33-17-8-10-20-21(14-17)29-23(28-20)12-11-22(31)25-24(15-5-3-2-4-6-15)18-13-16(27)7-9-19(18)30-26(25)32/h2-14H,1H3,(H,28,29)(H,30,32). The number of aromatic nitrogens is 3. The van der Waals surface area contributed by atoms with E-state index in [0.29, 0.717) is 38.6 Å². The van der Waals surface area contributed by atoms with Crippen LogP contribution in [0.1, 0.15) is 16.2 Å². The van der Waals surface area contributed by atoms with Gasteiger partial charge in [-0.1, -0.05) is 41.9 Å². The number of hydrogen-bond acceptors (Lipinski definition) is 4. The molecule has 0 spiro atoms. The van der Waals surface area contributed by atoms with Crippen molar-refractivity contribution in [2.75, 3.05) is 7.11 Å². The second kappa shape index (κ2) is 8.41. The van der Waals surface area contributed by atoms with E-state index in [1.54, 1.807) is 37.5 Å². The van der Waals surface area contributed by atoms with Gasteiger partial charge in [0.15, 0.2) is 5.78 Å². The van der Waals surface area contributed by atoms with Crippen molar-refractivity contribution in [2.24, 2.45) is 0 Å². The quantitative estimate of drug-likeness (QED) is 0.265. The van der Waals surface area contributed by atoms with Gasteiger partial charge in [-0.15, -0.1) is 0 Å².